The maximum Gasteiger partial charge on any atom is 0.242 e. The normalized spacial score (nSPS) is 20.2. The van der Waals surface area contributed by atoms with E-state index in [4.69, 9.17) is 0 Å². The highest BCUT2D eigenvalue weighted by atomic mass is 16.3. The zero-order chi connectivity index (χ0) is 21.6. The Bertz CT molecular complexity index is 717. The van der Waals surface area contributed by atoms with Crippen LogP contribution in [0.4, 0.5) is 0 Å². The van der Waals surface area contributed by atoms with E-state index in [1.165, 1.54) is 4.90 Å². The van der Waals surface area contributed by atoms with Gasteiger partial charge in [-0.2, -0.15) is 0 Å². The number of β-amino-alcohol motifs (C(OH)–C–C–N with tert-alkyl or cyclic N) is 1. The van der Waals surface area contributed by atoms with Crippen LogP contribution in [0.3, 0.4) is 0 Å². The highest BCUT2D eigenvalue weighted by Gasteiger charge is 2.42. The van der Waals surface area contributed by atoms with E-state index < -0.39 is 12.1 Å². The molecule has 0 unspecified atom stereocenters. The van der Waals surface area contributed by atoms with E-state index in [2.05, 4.69) is 15.6 Å². The summed E-state index contributed by atoms with van der Waals surface area (Å²) in [6, 6.07) is 2.95. The minimum Gasteiger partial charge on any atom is -0.391 e. The van der Waals surface area contributed by atoms with Gasteiger partial charge in [0.15, 0.2) is 0 Å². The molecule has 1 aliphatic heterocycles. The molecule has 2 rings (SSSR count). The van der Waals surface area contributed by atoms with Crippen molar-refractivity contribution in [2.24, 2.45) is 11.3 Å². The molecule has 0 saturated carbocycles. The molecule has 0 spiro atoms. The number of nitrogens with one attached hydrogen (secondary N) is 2. The molecule has 29 heavy (non-hydrogen) atoms. The SMILES string of the molecule is C[C@H](C(=O)N1C[C@H](O)C[C@H]1C(=O)NCCC(=O)NCc1cccnc1)C(C)(C)C. The molecule has 0 aromatic carbocycles. The summed E-state index contributed by atoms with van der Waals surface area (Å²) in [4.78, 5) is 42.8. The number of likely N-dealkylation sites (tertiary alicyclic amines) is 1. The van der Waals surface area contributed by atoms with Gasteiger partial charge < -0.3 is 20.6 Å². The van der Waals surface area contributed by atoms with Gasteiger partial charge >= 0.3 is 0 Å². The van der Waals surface area contributed by atoms with Crippen LogP contribution in [-0.2, 0) is 20.9 Å². The van der Waals surface area contributed by atoms with Crippen LogP contribution in [0.5, 0.6) is 0 Å². The first kappa shape index (κ1) is 22.8. The van der Waals surface area contributed by atoms with Crippen LogP contribution >= 0.6 is 0 Å². The third-order valence-corrected chi connectivity index (χ3v) is 5.40. The quantitative estimate of drug-likeness (QED) is 0.624. The molecule has 8 heteroatoms. The average Bonchev–Trinajstić information content (AvgIpc) is 3.07. The summed E-state index contributed by atoms with van der Waals surface area (Å²) < 4.78 is 0. The lowest BCUT2D eigenvalue weighted by molar-refractivity contribution is -0.144. The smallest absolute Gasteiger partial charge is 0.242 e. The van der Waals surface area contributed by atoms with Gasteiger partial charge in [-0.05, 0) is 17.0 Å². The third kappa shape index (κ3) is 6.52. The largest absolute Gasteiger partial charge is 0.391 e. The fourth-order valence-corrected chi connectivity index (χ4v) is 3.13. The maximum absolute atomic E-state index is 12.8. The Labute approximate surface area is 172 Å². The average molecular weight is 405 g/mol. The molecule has 1 aliphatic rings. The summed E-state index contributed by atoms with van der Waals surface area (Å²) in [7, 11) is 0. The number of pyridine rings is 1. The van der Waals surface area contributed by atoms with Crippen molar-refractivity contribution in [2.45, 2.75) is 59.2 Å². The summed E-state index contributed by atoms with van der Waals surface area (Å²) in [6.07, 6.45) is 2.97. The molecule has 1 fully saturated rings. The topological polar surface area (TPSA) is 112 Å². The van der Waals surface area contributed by atoms with Crippen molar-refractivity contribution >= 4 is 17.7 Å². The Kier molecular flexibility index (Phi) is 7.73. The molecule has 3 atom stereocenters. The number of carbonyl (C=O) groups excluding carboxylic acids is 3. The second kappa shape index (κ2) is 9.82. The summed E-state index contributed by atoms with van der Waals surface area (Å²) in [5.41, 5.74) is 0.657. The monoisotopic (exact) mass is 404 g/mol. The first-order valence-corrected chi connectivity index (χ1v) is 10.0. The Balaban J connectivity index is 1.82. The lowest BCUT2D eigenvalue weighted by atomic mass is 9.81. The minimum absolute atomic E-state index is 0.133. The first-order valence-electron chi connectivity index (χ1n) is 10.0. The molecule has 0 bridgehead atoms. The maximum atomic E-state index is 12.8. The molecular weight excluding hydrogens is 372 g/mol. The van der Waals surface area contributed by atoms with Gasteiger partial charge in [-0.1, -0.05) is 33.8 Å². The van der Waals surface area contributed by atoms with E-state index in [0.717, 1.165) is 5.56 Å². The number of hydrogen-bond donors (Lipinski definition) is 3. The van der Waals surface area contributed by atoms with Crippen molar-refractivity contribution in [2.75, 3.05) is 13.1 Å². The van der Waals surface area contributed by atoms with Gasteiger partial charge in [0.25, 0.3) is 0 Å². The molecule has 0 aliphatic carbocycles. The van der Waals surface area contributed by atoms with Crippen LogP contribution in [-0.4, -0.2) is 57.9 Å². The summed E-state index contributed by atoms with van der Waals surface area (Å²) in [5.74, 6) is -0.935. The predicted molar refractivity (Wildman–Crippen MR) is 108 cm³/mol. The van der Waals surface area contributed by atoms with Crippen molar-refractivity contribution in [3.63, 3.8) is 0 Å². The number of rotatable bonds is 7. The molecule has 160 valence electrons. The van der Waals surface area contributed by atoms with Gasteiger partial charge in [0, 0.05) is 50.8 Å². The molecule has 3 amide bonds. The van der Waals surface area contributed by atoms with Crippen molar-refractivity contribution in [3.8, 4) is 0 Å². The zero-order valence-electron chi connectivity index (χ0n) is 17.6. The van der Waals surface area contributed by atoms with Gasteiger partial charge in [0.2, 0.25) is 17.7 Å². The van der Waals surface area contributed by atoms with Gasteiger partial charge in [-0.3, -0.25) is 19.4 Å². The summed E-state index contributed by atoms with van der Waals surface area (Å²) in [6.45, 7) is 8.46. The fraction of sp³-hybridized carbons (Fsp3) is 0.619. The molecule has 1 saturated heterocycles. The number of amides is 3. The van der Waals surface area contributed by atoms with Crippen LogP contribution in [0.1, 0.15) is 46.1 Å². The van der Waals surface area contributed by atoms with E-state index in [0.29, 0.717) is 6.54 Å². The van der Waals surface area contributed by atoms with Gasteiger partial charge in [0.05, 0.1) is 6.10 Å². The minimum atomic E-state index is -0.718. The lowest BCUT2D eigenvalue weighted by Crippen LogP contribution is -2.49. The van der Waals surface area contributed by atoms with Crippen molar-refractivity contribution in [1.29, 1.82) is 0 Å². The predicted octanol–water partition coefficient (Wildman–Crippen LogP) is 0.848. The second-order valence-electron chi connectivity index (χ2n) is 8.66. The molecule has 8 nitrogen and oxygen atoms in total. The number of carbonyl (C=O) groups is 3. The second-order valence-corrected chi connectivity index (χ2v) is 8.66. The van der Waals surface area contributed by atoms with Crippen LogP contribution in [0.15, 0.2) is 24.5 Å². The van der Waals surface area contributed by atoms with Crippen LogP contribution in [0.25, 0.3) is 0 Å². The van der Waals surface area contributed by atoms with E-state index in [1.807, 2.05) is 33.8 Å². The van der Waals surface area contributed by atoms with E-state index in [1.54, 1.807) is 18.5 Å². The van der Waals surface area contributed by atoms with E-state index >= 15 is 0 Å². The van der Waals surface area contributed by atoms with Crippen molar-refractivity contribution in [1.82, 2.24) is 20.5 Å². The molecule has 1 aromatic rings. The van der Waals surface area contributed by atoms with Gasteiger partial charge in [0.1, 0.15) is 6.04 Å². The Morgan fingerprint density at radius 1 is 1.31 bits per heavy atom. The van der Waals surface area contributed by atoms with Crippen LogP contribution in [0, 0.1) is 11.3 Å². The number of hydrogen-bond acceptors (Lipinski definition) is 5. The molecule has 3 N–H and O–H groups in total. The Morgan fingerprint density at radius 3 is 2.66 bits per heavy atom. The standard InChI is InChI=1S/C21H32N4O4/c1-14(21(2,3)4)20(29)25-13-16(26)10-17(25)19(28)23-9-7-18(27)24-12-15-6-5-8-22-11-15/h5-6,8,11,14,16-17,26H,7,9-10,12-13H2,1-4H3,(H,23,28)(H,24,27)/t14-,16-,17+/m1/s1. The molecule has 1 aromatic heterocycles. The van der Waals surface area contributed by atoms with E-state index in [9.17, 15) is 19.5 Å². The van der Waals surface area contributed by atoms with Crippen LogP contribution < -0.4 is 10.6 Å². The fourth-order valence-electron chi connectivity index (χ4n) is 3.13. The zero-order valence-corrected chi connectivity index (χ0v) is 17.6. The van der Waals surface area contributed by atoms with Crippen LogP contribution in [0.2, 0.25) is 0 Å². The van der Waals surface area contributed by atoms with Gasteiger partial charge in [-0.25, -0.2) is 0 Å². The van der Waals surface area contributed by atoms with Crippen molar-refractivity contribution in [3.05, 3.63) is 30.1 Å². The highest BCUT2D eigenvalue weighted by molar-refractivity contribution is 5.89. The number of nitrogens with zero attached hydrogens (tertiary/aromatic N) is 2. The summed E-state index contributed by atoms with van der Waals surface area (Å²) >= 11 is 0. The molecule has 2 heterocycles. The third-order valence-electron chi connectivity index (χ3n) is 5.40. The lowest BCUT2D eigenvalue weighted by Gasteiger charge is -2.32. The van der Waals surface area contributed by atoms with Gasteiger partial charge in [-0.15, -0.1) is 0 Å². The molecule has 0 radical (unpaired) electrons. The number of aliphatic hydroxyl groups excluding tert-OH is 1. The number of aliphatic hydroxyl groups is 1. The van der Waals surface area contributed by atoms with Crippen molar-refractivity contribution < 1.29 is 19.5 Å². The Hall–Kier alpha value is -2.48. The number of aromatic nitrogens is 1. The Morgan fingerprint density at radius 2 is 2.03 bits per heavy atom. The molecular formula is C21H32N4O4. The first-order chi connectivity index (χ1) is 13.6. The highest BCUT2D eigenvalue weighted by Crippen LogP contribution is 2.30. The van der Waals surface area contributed by atoms with E-state index in [-0.39, 0.29) is 55.0 Å². The summed E-state index contributed by atoms with van der Waals surface area (Å²) in [5, 5.41) is 15.5.